The van der Waals surface area contributed by atoms with Crippen LogP contribution in [-0.4, -0.2) is 13.2 Å². The van der Waals surface area contributed by atoms with Gasteiger partial charge in [0, 0.05) is 18.2 Å². The molecule has 2 rings (SSSR count). The molecule has 1 aromatic carbocycles. The SMILES string of the molecule is CC[C@@H]1CCCC[C@@H]1NCc1ccccc1OC. The summed E-state index contributed by atoms with van der Waals surface area (Å²) in [5.74, 6) is 1.85. The quantitative estimate of drug-likeness (QED) is 0.855. The van der Waals surface area contributed by atoms with E-state index in [4.69, 9.17) is 4.74 Å². The van der Waals surface area contributed by atoms with Gasteiger partial charge >= 0.3 is 0 Å². The maximum Gasteiger partial charge on any atom is 0.123 e. The molecule has 2 nitrogen and oxygen atoms in total. The second-order valence-corrected chi connectivity index (χ2v) is 5.25. The molecule has 1 N–H and O–H groups in total. The van der Waals surface area contributed by atoms with E-state index >= 15 is 0 Å². The van der Waals surface area contributed by atoms with E-state index in [1.807, 2.05) is 12.1 Å². The Hall–Kier alpha value is -1.02. The average Bonchev–Trinajstić information content (AvgIpc) is 2.45. The zero-order chi connectivity index (χ0) is 12.8. The molecule has 0 amide bonds. The second kappa shape index (κ2) is 6.79. The van der Waals surface area contributed by atoms with Crippen molar-refractivity contribution in [3.05, 3.63) is 29.8 Å². The van der Waals surface area contributed by atoms with Crippen LogP contribution in [0.25, 0.3) is 0 Å². The predicted octanol–water partition coefficient (Wildman–Crippen LogP) is 3.75. The van der Waals surface area contributed by atoms with Crippen LogP contribution in [0.3, 0.4) is 0 Å². The zero-order valence-corrected chi connectivity index (χ0v) is 11.6. The van der Waals surface area contributed by atoms with Gasteiger partial charge in [0.25, 0.3) is 0 Å². The maximum absolute atomic E-state index is 5.40. The Bertz CT molecular complexity index is 364. The first kappa shape index (κ1) is 13.4. The number of hydrogen-bond acceptors (Lipinski definition) is 2. The Kier molecular flexibility index (Phi) is 5.06. The van der Waals surface area contributed by atoms with Crippen LogP contribution < -0.4 is 10.1 Å². The van der Waals surface area contributed by atoms with Gasteiger partial charge in [-0.3, -0.25) is 0 Å². The summed E-state index contributed by atoms with van der Waals surface area (Å²) in [6.45, 7) is 3.24. The van der Waals surface area contributed by atoms with Crippen LogP contribution in [-0.2, 0) is 6.54 Å². The van der Waals surface area contributed by atoms with Gasteiger partial charge in [-0.2, -0.15) is 0 Å². The molecule has 0 saturated heterocycles. The van der Waals surface area contributed by atoms with Crippen LogP contribution >= 0.6 is 0 Å². The minimum absolute atomic E-state index is 0.689. The minimum atomic E-state index is 0.689. The third-order valence-electron chi connectivity index (χ3n) is 4.18. The summed E-state index contributed by atoms with van der Waals surface area (Å²) in [4.78, 5) is 0. The lowest BCUT2D eigenvalue weighted by Gasteiger charge is -2.31. The van der Waals surface area contributed by atoms with E-state index in [0.717, 1.165) is 18.2 Å². The van der Waals surface area contributed by atoms with Gasteiger partial charge in [-0.05, 0) is 24.8 Å². The van der Waals surface area contributed by atoms with E-state index in [0.29, 0.717) is 6.04 Å². The smallest absolute Gasteiger partial charge is 0.123 e. The highest BCUT2D eigenvalue weighted by molar-refractivity contribution is 5.33. The van der Waals surface area contributed by atoms with Crippen LogP contribution in [0.1, 0.15) is 44.6 Å². The Balaban J connectivity index is 1.93. The van der Waals surface area contributed by atoms with Crippen LogP contribution in [0.2, 0.25) is 0 Å². The van der Waals surface area contributed by atoms with E-state index in [1.54, 1.807) is 7.11 Å². The van der Waals surface area contributed by atoms with Crippen LogP contribution in [0.15, 0.2) is 24.3 Å². The summed E-state index contributed by atoms with van der Waals surface area (Å²) >= 11 is 0. The summed E-state index contributed by atoms with van der Waals surface area (Å²) in [6, 6.07) is 8.98. The van der Waals surface area contributed by atoms with E-state index in [9.17, 15) is 0 Å². The Morgan fingerprint density at radius 3 is 2.78 bits per heavy atom. The van der Waals surface area contributed by atoms with Crippen molar-refractivity contribution < 1.29 is 4.74 Å². The summed E-state index contributed by atoms with van der Waals surface area (Å²) in [5, 5.41) is 3.73. The molecule has 18 heavy (non-hydrogen) atoms. The van der Waals surface area contributed by atoms with Gasteiger partial charge in [0.2, 0.25) is 0 Å². The topological polar surface area (TPSA) is 21.3 Å². The summed E-state index contributed by atoms with van der Waals surface area (Å²) in [6.07, 6.45) is 6.79. The molecule has 1 aromatic rings. The van der Waals surface area contributed by atoms with E-state index in [1.165, 1.54) is 37.7 Å². The molecule has 100 valence electrons. The van der Waals surface area contributed by atoms with Crippen molar-refractivity contribution in [2.45, 2.75) is 51.6 Å². The average molecular weight is 247 g/mol. The number of ether oxygens (including phenoxy) is 1. The molecule has 1 fully saturated rings. The molecule has 0 unspecified atom stereocenters. The number of rotatable bonds is 5. The standard InChI is InChI=1S/C16H25NO/c1-3-13-8-4-6-10-15(13)17-12-14-9-5-7-11-16(14)18-2/h5,7,9,11,13,15,17H,3-4,6,8,10,12H2,1-2H3/t13-,15+/m1/s1. The van der Waals surface area contributed by atoms with Crippen LogP contribution in [0.4, 0.5) is 0 Å². The van der Waals surface area contributed by atoms with E-state index in [2.05, 4.69) is 24.4 Å². The third-order valence-corrected chi connectivity index (χ3v) is 4.18. The highest BCUT2D eigenvalue weighted by atomic mass is 16.5. The Morgan fingerprint density at radius 2 is 2.00 bits per heavy atom. The lowest BCUT2D eigenvalue weighted by atomic mass is 9.83. The molecule has 0 radical (unpaired) electrons. The van der Waals surface area contributed by atoms with Gasteiger partial charge < -0.3 is 10.1 Å². The molecule has 1 aliphatic rings. The zero-order valence-electron chi connectivity index (χ0n) is 11.6. The molecular weight excluding hydrogens is 222 g/mol. The normalized spacial score (nSPS) is 23.9. The molecule has 0 aromatic heterocycles. The fourth-order valence-corrected chi connectivity index (χ4v) is 3.06. The first-order chi connectivity index (χ1) is 8.85. The maximum atomic E-state index is 5.40. The van der Waals surface area contributed by atoms with Crippen molar-refractivity contribution >= 4 is 0 Å². The van der Waals surface area contributed by atoms with Crippen molar-refractivity contribution in [2.75, 3.05) is 7.11 Å². The van der Waals surface area contributed by atoms with Crippen molar-refractivity contribution in [2.24, 2.45) is 5.92 Å². The predicted molar refractivity (Wildman–Crippen MR) is 75.9 cm³/mol. The van der Waals surface area contributed by atoms with Crippen molar-refractivity contribution in [1.82, 2.24) is 5.32 Å². The fraction of sp³-hybridized carbons (Fsp3) is 0.625. The van der Waals surface area contributed by atoms with Gasteiger partial charge in [0.05, 0.1) is 7.11 Å². The Morgan fingerprint density at radius 1 is 1.22 bits per heavy atom. The number of methoxy groups -OCH3 is 1. The third kappa shape index (κ3) is 3.26. The number of para-hydroxylation sites is 1. The van der Waals surface area contributed by atoms with Crippen molar-refractivity contribution in [3.8, 4) is 5.75 Å². The second-order valence-electron chi connectivity index (χ2n) is 5.25. The summed E-state index contributed by atoms with van der Waals surface area (Å²) < 4.78 is 5.40. The first-order valence-electron chi connectivity index (χ1n) is 7.20. The van der Waals surface area contributed by atoms with Gasteiger partial charge in [0.1, 0.15) is 5.75 Å². The molecule has 0 heterocycles. The molecule has 1 saturated carbocycles. The molecule has 0 bridgehead atoms. The van der Waals surface area contributed by atoms with Crippen molar-refractivity contribution in [1.29, 1.82) is 0 Å². The summed E-state index contributed by atoms with van der Waals surface area (Å²) in [5.41, 5.74) is 1.26. The molecule has 1 aliphatic carbocycles. The Labute approximate surface area is 111 Å². The molecule has 0 spiro atoms. The van der Waals surface area contributed by atoms with Gasteiger partial charge in [-0.25, -0.2) is 0 Å². The molecule has 2 heteroatoms. The molecular formula is C16H25NO. The largest absolute Gasteiger partial charge is 0.496 e. The highest BCUT2D eigenvalue weighted by Crippen LogP contribution is 2.27. The fourth-order valence-electron chi connectivity index (χ4n) is 3.06. The van der Waals surface area contributed by atoms with Gasteiger partial charge in [-0.15, -0.1) is 0 Å². The number of benzene rings is 1. The van der Waals surface area contributed by atoms with Gasteiger partial charge in [0.15, 0.2) is 0 Å². The van der Waals surface area contributed by atoms with Crippen LogP contribution in [0, 0.1) is 5.92 Å². The number of hydrogen-bond donors (Lipinski definition) is 1. The van der Waals surface area contributed by atoms with E-state index < -0.39 is 0 Å². The summed E-state index contributed by atoms with van der Waals surface area (Å²) in [7, 11) is 1.74. The lowest BCUT2D eigenvalue weighted by Crippen LogP contribution is -2.37. The highest BCUT2D eigenvalue weighted by Gasteiger charge is 2.23. The monoisotopic (exact) mass is 247 g/mol. The number of nitrogens with one attached hydrogen (secondary N) is 1. The lowest BCUT2D eigenvalue weighted by molar-refractivity contribution is 0.253. The van der Waals surface area contributed by atoms with Gasteiger partial charge in [-0.1, -0.05) is 44.4 Å². The first-order valence-corrected chi connectivity index (χ1v) is 7.20. The minimum Gasteiger partial charge on any atom is -0.496 e. The van der Waals surface area contributed by atoms with Crippen molar-refractivity contribution in [3.63, 3.8) is 0 Å². The van der Waals surface area contributed by atoms with Crippen LogP contribution in [0.5, 0.6) is 5.75 Å². The van der Waals surface area contributed by atoms with E-state index in [-0.39, 0.29) is 0 Å². The molecule has 0 aliphatic heterocycles. The molecule has 2 atom stereocenters.